The van der Waals surface area contributed by atoms with E-state index in [4.69, 9.17) is 15.2 Å². The summed E-state index contributed by atoms with van der Waals surface area (Å²) in [4.78, 5) is 5.81. The summed E-state index contributed by atoms with van der Waals surface area (Å²) in [5.41, 5.74) is 8.28. The van der Waals surface area contributed by atoms with E-state index in [2.05, 4.69) is 11.1 Å². The van der Waals surface area contributed by atoms with Crippen molar-refractivity contribution < 1.29 is 9.47 Å². The lowest BCUT2D eigenvalue weighted by Gasteiger charge is -2.13. The minimum atomic E-state index is -0.279. The minimum Gasteiger partial charge on any atom is -0.493 e. The SMILES string of the molecule is COc1ccc(C(N)c2nc(-c3cccs3)cs2)cc1OC. The summed E-state index contributed by atoms with van der Waals surface area (Å²) in [7, 11) is 3.23. The molecule has 0 bridgehead atoms. The summed E-state index contributed by atoms with van der Waals surface area (Å²) in [5, 5.41) is 4.97. The molecule has 3 rings (SSSR count). The van der Waals surface area contributed by atoms with Gasteiger partial charge in [-0.25, -0.2) is 4.98 Å². The molecule has 4 nitrogen and oxygen atoms in total. The van der Waals surface area contributed by atoms with E-state index in [1.54, 1.807) is 36.9 Å². The zero-order valence-corrected chi connectivity index (χ0v) is 13.9. The van der Waals surface area contributed by atoms with Gasteiger partial charge in [0.05, 0.1) is 30.8 Å². The molecule has 2 aromatic heterocycles. The lowest BCUT2D eigenvalue weighted by Crippen LogP contribution is -2.11. The van der Waals surface area contributed by atoms with E-state index in [0.717, 1.165) is 21.1 Å². The summed E-state index contributed by atoms with van der Waals surface area (Å²) >= 11 is 3.25. The van der Waals surface area contributed by atoms with E-state index in [-0.39, 0.29) is 6.04 Å². The molecule has 0 radical (unpaired) electrons. The number of hydrogen-bond donors (Lipinski definition) is 1. The number of ether oxygens (including phenoxy) is 2. The zero-order chi connectivity index (χ0) is 15.5. The van der Waals surface area contributed by atoms with Gasteiger partial charge in [-0.05, 0) is 29.1 Å². The molecule has 0 spiro atoms. The van der Waals surface area contributed by atoms with Gasteiger partial charge in [-0.15, -0.1) is 22.7 Å². The van der Waals surface area contributed by atoms with Crippen LogP contribution in [0.15, 0.2) is 41.1 Å². The number of thiophene rings is 1. The molecule has 114 valence electrons. The average Bonchev–Trinajstić information content (AvgIpc) is 3.24. The third-order valence-corrected chi connectivity index (χ3v) is 5.15. The molecule has 0 fully saturated rings. The third-order valence-electron chi connectivity index (χ3n) is 3.33. The summed E-state index contributed by atoms with van der Waals surface area (Å²) in [5.74, 6) is 1.36. The van der Waals surface area contributed by atoms with Crippen LogP contribution in [0.3, 0.4) is 0 Å². The number of benzene rings is 1. The lowest BCUT2D eigenvalue weighted by molar-refractivity contribution is 0.354. The first kappa shape index (κ1) is 15.0. The topological polar surface area (TPSA) is 57.4 Å². The Kier molecular flexibility index (Phi) is 4.42. The summed E-state index contributed by atoms with van der Waals surface area (Å²) in [6, 6.07) is 9.51. The molecule has 0 aliphatic rings. The molecular weight excluding hydrogens is 316 g/mol. The predicted octanol–water partition coefficient (Wildman–Crippen LogP) is 3.94. The van der Waals surface area contributed by atoms with Crippen molar-refractivity contribution in [3.63, 3.8) is 0 Å². The van der Waals surface area contributed by atoms with Crippen LogP contribution in [0.4, 0.5) is 0 Å². The van der Waals surface area contributed by atoms with Crippen LogP contribution in [-0.4, -0.2) is 19.2 Å². The number of aromatic nitrogens is 1. The van der Waals surface area contributed by atoms with Crippen molar-refractivity contribution in [3.8, 4) is 22.1 Å². The molecule has 6 heteroatoms. The molecule has 2 N–H and O–H groups in total. The van der Waals surface area contributed by atoms with E-state index in [1.165, 1.54) is 0 Å². The van der Waals surface area contributed by atoms with Gasteiger partial charge in [-0.2, -0.15) is 0 Å². The first-order valence-electron chi connectivity index (χ1n) is 6.69. The van der Waals surface area contributed by atoms with Crippen LogP contribution in [0.1, 0.15) is 16.6 Å². The largest absolute Gasteiger partial charge is 0.493 e. The first-order valence-corrected chi connectivity index (χ1v) is 8.45. The number of methoxy groups -OCH3 is 2. The van der Waals surface area contributed by atoms with Gasteiger partial charge in [0.2, 0.25) is 0 Å². The molecule has 22 heavy (non-hydrogen) atoms. The van der Waals surface area contributed by atoms with Crippen LogP contribution >= 0.6 is 22.7 Å². The highest BCUT2D eigenvalue weighted by atomic mass is 32.1. The molecule has 1 aromatic carbocycles. The lowest BCUT2D eigenvalue weighted by atomic mass is 10.1. The zero-order valence-electron chi connectivity index (χ0n) is 12.3. The van der Waals surface area contributed by atoms with Crippen LogP contribution in [0, 0.1) is 0 Å². The number of thiazole rings is 1. The van der Waals surface area contributed by atoms with Crippen LogP contribution in [0.2, 0.25) is 0 Å². The highest BCUT2D eigenvalue weighted by molar-refractivity contribution is 7.14. The molecule has 1 unspecified atom stereocenters. The van der Waals surface area contributed by atoms with Gasteiger partial charge in [0.1, 0.15) is 5.01 Å². The Morgan fingerprint density at radius 3 is 2.59 bits per heavy atom. The monoisotopic (exact) mass is 332 g/mol. The fourth-order valence-corrected chi connectivity index (χ4v) is 3.76. The highest BCUT2D eigenvalue weighted by Gasteiger charge is 2.16. The Labute approximate surface area is 137 Å². The number of nitrogens with two attached hydrogens (primary N) is 1. The Balaban J connectivity index is 1.89. The highest BCUT2D eigenvalue weighted by Crippen LogP contribution is 2.34. The number of nitrogens with zero attached hydrogens (tertiary/aromatic N) is 1. The maximum absolute atomic E-state index is 6.35. The van der Waals surface area contributed by atoms with Gasteiger partial charge in [-0.3, -0.25) is 0 Å². The molecular formula is C16H16N2O2S2. The molecule has 0 aliphatic heterocycles. The number of rotatable bonds is 5. The van der Waals surface area contributed by atoms with E-state index in [1.807, 2.05) is 35.0 Å². The molecule has 0 aliphatic carbocycles. The molecule has 3 aromatic rings. The quantitative estimate of drug-likeness (QED) is 0.769. The fraction of sp³-hybridized carbons (Fsp3) is 0.188. The maximum Gasteiger partial charge on any atom is 0.161 e. The van der Waals surface area contributed by atoms with E-state index >= 15 is 0 Å². The predicted molar refractivity (Wildman–Crippen MR) is 91.0 cm³/mol. The fourth-order valence-electron chi connectivity index (χ4n) is 2.16. The van der Waals surface area contributed by atoms with Gasteiger partial charge in [0.25, 0.3) is 0 Å². The average molecular weight is 332 g/mol. The smallest absolute Gasteiger partial charge is 0.161 e. The second-order valence-corrected chi connectivity index (χ2v) is 6.48. The van der Waals surface area contributed by atoms with Crippen molar-refractivity contribution in [2.45, 2.75) is 6.04 Å². The summed E-state index contributed by atoms with van der Waals surface area (Å²) < 4.78 is 10.6. The summed E-state index contributed by atoms with van der Waals surface area (Å²) in [6.45, 7) is 0. The van der Waals surface area contributed by atoms with Crippen molar-refractivity contribution >= 4 is 22.7 Å². The normalized spacial score (nSPS) is 12.1. The van der Waals surface area contributed by atoms with Crippen LogP contribution < -0.4 is 15.2 Å². The van der Waals surface area contributed by atoms with Crippen LogP contribution in [0.5, 0.6) is 11.5 Å². The van der Waals surface area contributed by atoms with Crippen LogP contribution in [0.25, 0.3) is 10.6 Å². The van der Waals surface area contributed by atoms with Crippen molar-refractivity contribution in [1.82, 2.24) is 4.98 Å². The van der Waals surface area contributed by atoms with Gasteiger partial charge < -0.3 is 15.2 Å². The Morgan fingerprint density at radius 1 is 1.09 bits per heavy atom. The second kappa shape index (κ2) is 6.48. The summed E-state index contributed by atoms with van der Waals surface area (Å²) in [6.07, 6.45) is 0. The van der Waals surface area contributed by atoms with Gasteiger partial charge >= 0.3 is 0 Å². The molecule has 0 saturated heterocycles. The number of hydrogen-bond acceptors (Lipinski definition) is 6. The molecule has 0 amide bonds. The standard InChI is InChI=1S/C16H16N2O2S2/c1-19-12-6-5-10(8-13(12)20-2)15(17)16-18-11(9-22-16)14-4-3-7-21-14/h3-9,15H,17H2,1-2H3. The van der Waals surface area contributed by atoms with Crippen molar-refractivity contribution in [2.75, 3.05) is 14.2 Å². The van der Waals surface area contributed by atoms with Crippen molar-refractivity contribution in [3.05, 3.63) is 51.7 Å². The van der Waals surface area contributed by atoms with Crippen molar-refractivity contribution in [2.24, 2.45) is 5.73 Å². The molecule has 0 saturated carbocycles. The van der Waals surface area contributed by atoms with Crippen LogP contribution in [-0.2, 0) is 0 Å². The van der Waals surface area contributed by atoms with Crippen molar-refractivity contribution in [1.29, 1.82) is 0 Å². The maximum atomic E-state index is 6.35. The molecule has 1 atom stereocenters. The Hall–Kier alpha value is -1.89. The Morgan fingerprint density at radius 2 is 1.91 bits per heavy atom. The van der Waals surface area contributed by atoms with Gasteiger partial charge in [-0.1, -0.05) is 12.1 Å². The van der Waals surface area contributed by atoms with E-state index < -0.39 is 0 Å². The van der Waals surface area contributed by atoms with E-state index in [9.17, 15) is 0 Å². The third kappa shape index (κ3) is 2.85. The molecule has 2 heterocycles. The van der Waals surface area contributed by atoms with Gasteiger partial charge in [0.15, 0.2) is 11.5 Å². The first-order chi connectivity index (χ1) is 10.7. The van der Waals surface area contributed by atoms with E-state index in [0.29, 0.717) is 11.5 Å². The second-order valence-electron chi connectivity index (χ2n) is 4.64. The minimum absolute atomic E-state index is 0.279. The van der Waals surface area contributed by atoms with Gasteiger partial charge in [0, 0.05) is 5.38 Å². The Bertz CT molecular complexity index is 753.